The minimum Gasteiger partial charge on any atom is -0.550 e. The van der Waals surface area contributed by atoms with E-state index in [1.165, 1.54) is 0 Å². The zero-order valence-corrected chi connectivity index (χ0v) is 35.9. The molecule has 0 saturated heterocycles. The molecule has 0 bridgehead atoms. The van der Waals surface area contributed by atoms with Gasteiger partial charge >= 0.3 is 189 Å². The van der Waals surface area contributed by atoms with Gasteiger partial charge in [0.25, 0.3) is 0 Å². The van der Waals surface area contributed by atoms with Crippen LogP contribution in [-0.2, 0) is 47.9 Å². The van der Waals surface area contributed by atoms with Gasteiger partial charge in [0, 0.05) is 74.3 Å². The van der Waals surface area contributed by atoms with Gasteiger partial charge < -0.3 is 119 Å². The Bertz CT molecular complexity index is 981. The van der Waals surface area contributed by atoms with Crippen LogP contribution in [0.25, 0.3) is 0 Å². The summed E-state index contributed by atoms with van der Waals surface area (Å²) in [4.78, 5) is 98.3. The van der Waals surface area contributed by atoms with Crippen LogP contribution in [0.2, 0.25) is 0 Å². The van der Waals surface area contributed by atoms with E-state index in [1.807, 2.05) is 0 Å². The number of aliphatic hydroxyl groups is 4. The number of hydrogen-bond acceptors (Lipinski definition) is 24. The molecule has 0 fully saturated rings. The first-order chi connectivity index (χ1) is 19.6. The van der Waals surface area contributed by atoms with Crippen LogP contribution in [0.5, 0.6) is 0 Å². The van der Waals surface area contributed by atoms with Crippen molar-refractivity contribution in [1.82, 2.24) is 0 Å². The average molecular weight is 843 g/mol. The summed E-state index contributed by atoms with van der Waals surface area (Å²) in [6.45, 7) is 0. The van der Waals surface area contributed by atoms with E-state index in [2.05, 4.69) is 0 Å². The van der Waals surface area contributed by atoms with Crippen molar-refractivity contribution in [3.63, 3.8) is 0 Å². The molecule has 0 amide bonds. The van der Waals surface area contributed by atoms with Crippen molar-refractivity contribution in [3.8, 4) is 0 Å². The third-order valence-electron chi connectivity index (χ3n) is 3.77. The van der Waals surface area contributed by atoms with Crippen molar-refractivity contribution < 1.29 is 119 Å². The van der Waals surface area contributed by atoms with Gasteiger partial charge in [-0.2, -0.15) is 0 Å². The van der Waals surface area contributed by atoms with E-state index in [1.54, 1.807) is 0 Å². The molecule has 0 heterocycles. The van der Waals surface area contributed by atoms with Crippen LogP contribution >= 0.6 is 0 Å². The number of carboxylic acid groups (broad SMARTS) is 10. The van der Waals surface area contributed by atoms with Crippen LogP contribution in [0.3, 0.4) is 0 Å². The second-order valence-corrected chi connectivity index (χ2v) is 7.66. The Morgan fingerprint density at radius 3 is 0.612 bits per heavy atom. The van der Waals surface area contributed by atoms with Crippen LogP contribution in [0.1, 0.15) is 38.5 Å². The summed E-state index contributed by atoms with van der Waals surface area (Å²) in [7, 11) is 0. The van der Waals surface area contributed by atoms with Gasteiger partial charge in [-0.05, 0) is 0 Å². The van der Waals surface area contributed by atoms with Gasteiger partial charge in [-0.25, -0.2) is 0 Å². The summed E-state index contributed by atoms with van der Waals surface area (Å²) in [6, 6.07) is 0. The SMILES string of the molecule is O=C([O-])CC(O)(CC(=O)[O-])C(=O)[O-].O=C([O-])CC(O)(CC(=O)[O-])C(=O)[O-].O=C([O-])CC(O)C(=O)[O-].O=C([O-])CC(O)C(=O)[O-].[Ca+2].[Ca+2].[Ca+2].[Ca+2].[Ca+2]. The van der Waals surface area contributed by atoms with Crippen LogP contribution in [0, 0.1) is 0 Å². The fraction of sp³-hybridized carbons (Fsp3) is 0.500. The van der Waals surface area contributed by atoms with Crippen molar-refractivity contribution >= 4 is 248 Å². The second kappa shape index (κ2) is 37.2. The van der Waals surface area contributed by atoms with Crippen molar-refractivity contribution in [2.24, 2.45) is 0 Å². The minimum absolute atomic E-state index is 0. The van der Waals surface area contributed by atoms with Crippen molar-refractivity contribution in [3.05, 3.63) is 0 Å². The number of aliphatic hydroxyl groups excluding tert-OH is 2. The molecule has 0 aromatic carbocycles. The van der Waals surface area contributed by atoms with Gasteiger partial charge in [0.15, 0.2) is 0 Å². The Kier molecular flexibility index (Phi) is 54.1. The van der Waals surface area contributed by atoms with Crippen molar-refractivity contribution in [2.45, 2.75) is 61.9 Å². The van der Waals surface area contributed by atoms with E-state index in [0.29, 0.717) is 0 Å². The summed E-state index contributed by atoms with van der Waals surface area (Å²) in [5.41, 5.74) is -5.95. The number of carbonyl (C=O) groups is 10. The van der Waals surface area contributed by atoms with Gasteiger partial charge in [0.1, 0.15) is 11.2 Å². The molecule has 0 aromatic rings. The molecule has 0 rings (SSSR count). The standard InChI is InChI=1S/2C6H8O7.2C4H6O5.5Ca/c2*7-3(8)1-6(13,5(11)12)2-4(9)10;2*5-2(4(8)9)1-3(6)7;;;;;/h2*13H,1-2H2,(H,7,8)(H,9,10)(H,11,12);2*2,5H,1H2,(H,6,7)(H,8,9);;;;;/q;;;;5*+2/p-10. The maximum atomic E-state index is 10.1. The van der Waals surface area contributed by atoms with Crippen LogP contribution in [0.4, 0.5) is 0 Å². The second-order valence-electron chi connectivity index (χ2n) is 7.66. The number of hydrogen-bond donors (Lipinski definition) is 4. The van der Waals surface area contributed by atoms with Gasteiger partial charge in [0.2, 0.25) is 0 Å². The molecule has 0 aliphatic rings. The quantitative estimate of drug-likeness (QED) is 0.105. The van der Waals surface area contributed by atoms with Gasteiger partial charge in [-0.1, -0.05) is 0 Å². The third kappa shape index (κ3) is 44.9. The zero-order chi connectivity index (χ0) is 36.2. The molecule has 4 N–H and O–H groups in total. The molecule has 0 aromatic heterocycles. The van der Waals surface area contributed by atoms with Gasteiger partial charge in [0.05, 0.1) is 36.1 Å². The average Bonchev–Trinajstić information content (AvgIpc) is 2.77. The number of carboxylic acids is 10. The number of carbonyl (C=O) groups excluding carboxylic acids is 10. The maximum absolute atomic E-state index is 10.1. The Morgan fingerprint density at radius 1 is 0.388 bits per heavy atom. The van der Waals surface area contributed by atoms with Crippen molar-refractivity contribution in [1.29, 1.82) is 0 Å². The monoisotopic (exact) mass is 842 g/mol. The molecule has 0 saturated carbocycles. The molecule has 0 spiro atoms. The van der Waals surface area contributed by atoms with Crippen molar-refractivity contribution in [2.75, 3.05) is 0 Å². The number of aliphatic carboxylic acids is 10. The molecular weight excluding hydrogens is 825 g/mol. The molecule has 24 nitrogen and oxygen atoms in total. The number of rotatable bonds is 16. The van der Waals surface area contributed by atoms with Crippen LogP contribution in [0.15, 0.2) is 0 Å². The van der Waals surface area contributed by atoms with E-state index < -0.39 is 122 Å². The van der Waals surface area contributed by atoms with E-state index >= 15 is 0 Å². The predicted octanol–water partition coefficient (Wildman–Crippen LogP) is -19.9. The summed E-state index contributed by atoms with van der Waals surface area (Å²) in [5, 5.41) is 133. The molecule has 29 heteroatoms. The fourth-order valence-electron chi connectivity index (χ4n) is 1.85. The molecule has 2 atom stereocenters. The third-order valence-corrected chi connectivity index (χ3v) is 3.77. The van der Waals surface area contributed by atoms with Crippen LogP contribution < -0.4 is 51.1 Å². The van der Waals surface area contributed by atoms with E-state index in [0.717, 1.165) is 0 Å². The van der Waals surface area contributed by atoms with E-state index in [-0.39, 0.29) is 189 Å². The molecule has 2 unspecified atom stereocenters. The molecule has 0 aliphatic carbocycles. The van der Waals surface area contributed by atoms with Crippen LogP contribution in [-0.4, -0.2) is 292 Å². The Morgan fingerprint density at radius 2 is 0.551 bits per heavy atom. The van der Waals surface area contributed by atoms with E-state index in [9.17, 15) is 99.0 Å². The minimum atomic E-state index is -2.97. The molecule has 49 heavy (non-hydrogen) atoms. The molecule has 252 valence electrons. The summed E-state index contributed by atoms with van der Waals surface area (Å²) < 4.78 is 0. The smallest absolute Gasteiger partial charge is 0.550 e. The van der Waals surface area contributed by atoms with Gasteiger partial charge in [-0.15, -0.1) is 0 Å². The first kappa shape index (κ1) is 71.3. The Hall–Kier alpha value is 0.839. The topological polar surface area (TPSA) is 482 Å². The normalized spacial score (nSPS) is 10.4. The molecule has 0 radical (unpaired) electrons. The fourth-order valence-corrected chi connectivity index (χ4v) is 1.85. The summed E-state index contributed by atoms with van der Waals surface area (Å²) in [5.74, 6) is -18.8. The molecular formula is C20H18Ca5O24. The van der Waals surface area contributed by atoms with E-state index in [4.69, 9.17) is 20.4 Å². The maximum Gasteiger partial charge on any atom is 2.00 e. The Balaban J connectivity index is -0.0000000610. The van der Waals surface area contributed by atoms with Gasteiger partial charge in [-0.3, -0.25) is 0 Å². The summed E-state index contributed by atoms with van der Waals surface area (Å²) in [6.07, 6.45) is -11.2. The summed E-state index contributed by atoms with van der Waals surface area (Å²) >= 11 is 0. The molecule has 0 aliphatic heterocycles. The first-order valence-electron chi connectivity index (χ1n) is 10.5. The first-order valence-corrected chi connectivity index (χ1v) is 10.5. The largest absolute Gasteiger partial charge is 2.00 e. The predicted molar refractivity (Wildman–Crippen MR) is 128 cm³/mol. The Labute approximate surface area is 422 Å². The zero-order valence-electron chi connectivity index (χ0n) is 24.9.